The normalized spacial score (nSPS) is 23.1. The van der Waals surface area contributed by atoms with Gasteiger partial charge in [-0.05, 0) is 69.2 Å². The van der Waals surface area contributed by atoms with Crippen LogP contribution >= 0.6 is 0 Å². The number of amides is 1. The number of nitrogens with zero attached hydrogens (tertiary/aromatic N) is 3. The number of rotatable bonds is 5. The van der Waals surface area contributed by atoms with Gasteiger partial charge < -0.3 is 15.2 Å². The molecule has 3 aromatic rings. The molecule has 7 nitrogen and oxygen atoms in total. The zero-order valence-electron chi connectivity index (χ0n) is 18.6. The van der Waals surface area contributed by atoms with Crippen molar-refractivity contribution in [2.75, 3.05) is 5.32 Å². The number of aliphatic hydroxyl groups is 1. The molecule has 0 radical (unpaired) electrons. The van der Waals surface area contributed by atoms with E-state index in [2.05, 4.69) is 15.4 Å². The summed E-state index contributed by atoms with van der Waals surface area (Å²) < 4.78 is 47.1. The van der Waals surface area contributed by atoms with E-state index >= 15 is 0 Å². The van der Waals surface area contributed by atoms with E-state index in [1.54, 1.807) is 23.0 Å². The van der Waals surface area contributed by atoms with Crippen LogP contribution in [0, 0.1) is 12.8 Å². The first-order valence-electron chi connectivity index (χ1n) is 11.3. The molecule has 0 saturated heterocycles. The van der Waals surface area contributed by atoms with Gasteiger partial charge in [0.2, 0.25) is 5.91 Å². The Morgan fingerprint density at radius 1 is 1.21 bits per heavy atom. The van der Waals surface area contributed by atoms with Crippen molar-refractivity contribution in [1.29, 1.82) is 0 Å². The minimum absolute atomic E-state index is 0.0195. The summed E-state index contributed by atoms with van der Waals surface area (Å²) in [6, 6.07) is 7.42. The van der Waals surface area contributed by atoms with Crippen molar-refractivity contribution in [1.82, 2.24) is 14.6 Å². The highest BCUT2D eigenvalue weighted by Gasteiger charge is 2.55. The molecule has 2 aliphatic carbocycles. The SMILES string of the molecule is Cc1cc(-c2ccn3nc(NC(=O)C4CC4)cc3c2)c(OC2CCC(O)(C(F)(F)F)CC2)cn1. The highest BCUT2D eigenvalue weighted by molar-refractivity contribution is 5.93. The lowest BCUT2D eigenvalue weighted by Crippen LogP contribution is -2.49. The van der Waals surface area contributed by atoms with Gasteiger partial charge in [-0.15, -0.1) is 0 Å². The summed E-state index contributed by atoms with van der Waals surface area (Å²) in [7, 11) is 0. The molecule has 3 aromatic heterocycles. The molecule has 2 saturated carbocycles. The number of nitrogens with one attached hydrogen (secondary N) is 1. The third-order valence-electron chi connectivity index (χ3n) is 6.56. The number of carbonyl (C=O) groups excluding carboxylic acids is 1. The van der Waals surface area contributed by atoms with Gasteiger partial charge in [0.25, 0.3) is 0 Å². The van der Waals surface area contributed by atoms with Crippen molar-refractivity contribution < 1.29 is 27.8 Å². The van der Waals surface area contributed by atoms with Crippen molar-refractivity contribution in [3.63, 3.8) is 0 Å². The average molecular weight is 474 g/mol. The van der Waals surface area contributed by atoms with E-state index in [-0.39, 0.29) is 24.7 Å². The largest absolute Gasteiger partial charge is 0.488 e. The van der Waals surface area contributed by atoms with Crippen LogP contribution in [0.4, 0.5) is 19.0 Å². The van der Waals surface area contributed by atoms with E-state index in [9.17, 15) is 23.1 Å². The Morgan fingerprint density at radius 3 is 2.62 bits per heavy atom. The molecular formula is C24H25F3N4O3. The van der Waals surface area contributed by atoms with Crippen molar-refractivity contribution in [2.24, 2.45) is 5.92 Å². The molecular weight excluding hydrogens is 449 g/mol. The predicted octanol–water partition coefficient (Wildman–Crippen LogP) is 4.67. The molecule has 0 unspecified atom stereocenters. The lowest BCUT2D eigenvalue weighted by atomic mass is 9.83. The number of halogens is 3. The summed E-state index contributed by atoms with van der Waals surface area (Å²) in [5, 5.41) is 17.2. The number of hydrogen-bond donors (Lipinski definition) is 2. The monoisotopic (exact) mass is 474 g/mol. The van der Waals surface area contributed by atoms with E-state index < -0.39 is 30.7 Å². The fourth-order valence-electron chi connectivity index (χ4n) is 4.31. The van der Waals surface area contributed by atoms with Crippen molar-refractivity contribution in [3.05, 3.63) is 42.4 Å². The summed E-state index contributed by atoms with van der Waals surface area (Å²) in [5.74, 6) is 1.01. The second kappa shape index (κ2) is 8.26. The molecule has 0 aliphatic heterocycles. The molecule has 34 heavy (non-hydrogen) atoms. The van der Waals surface area contributed by atoms with Gasteiger partial charge in [0, 0.05) is 29.4 Å². The first-order chi connectivity index (χ1) is 16.1. The number of aromatic nitrogens is 3. The van der Waals surface area contributed by atoms with E-state index in [1.165, 1.54) is 0 Å². The molecule has 2 N–H and O–H groups in total. The number of alkyl halides is 3. The van der Waals surface area contributed by atoms with Gasteiger partial charge >= 0.3 is 6.18 Å². The van der Waals surface area contributed by atoms with Crippen LogP contribution < -0.4 is 10.1 Å². The number of anilines is 1. The summed E-state index contributed by atoms with van der Waals surface area (Å²) in [6.07, 6.45) is -0.531. The number of hydrogen-bond acceptors (Lipinski definition) is 5. The second-order valence-corrected chi connectivity index (χ2v) is 9.25. The molecule has 180 valence electrons. The van der Waals surface area contributed by atoms with Gasteiger partial charge in [-0.25, -0.2) is 4.52 Å². The van der Waals surface area contributed by atoms with E-state index in [1.807, 2.05) is 25.1 Å². The summed E-state index contributed by atoms with van der Waals surface area (Å²) >= 11 is 0. The molecule has 0 atom stereocenters. The number of fused-ring (bicyclic) bond motifs is 1. The van der Waals surface area contributed by atoms with Gasteiger partial charge in [-0.3, -0.25) is 9.78 Å². The maximum Gasteiger partial charge on any atom is 0.417 e. The molecule has 10 heteroatoms. The zero-order valence-corrected chi connectivity index (χ0v) is 18.6. The zero-order chi connectivity index (χ0) is 24.1. The maximum absolute atomic E-state index is 13.1. The quantitative estimate of drug-likeness (QED) is 0.561. The number of ether oxygens (including phenoxy) is 1. The van der Waals surface area contributed by atoms with Crippen LogP contribution in [0.15, 0.2) is 36.7 Å². The van der Waals surface area contributed by atoms with Gasteiger partial charge in [0.15, 0.2) is 11.4 Å². The molecule has 3 heterocycles. The Hall–Kier alpha value is -3.14. The first-order valence-corrected chi connectivity index (χ1v) is 11.3. The Bertz CT molecular complexity index is 1230. The average Bonchev–Trinajstić information content (AvgIpc) is 3.56. The van der Waals surface area contributed by atoms with Crippen molar-refractivity contribution >= 4 is 17.2 Å². The van der Waals surface area contributed by atoms with Crippen LogP contribution in [0.3, 0.4) is 0 Å². The van der Waals surface area contributed by atoms with E-state index in [0.29, 0.717) is 11.6 Å². The molecule has 1 amide bonds. The number of pyridine rings is 2. The minimum atomic E-state index is -4.65. The lowest BCUT2D eigenvalue weighted by molar-refractivity contribution is -0.272. The number of carbonyl (C=O) groups is 1. The Balaban J connectivity index is 1.37. The third-order valence-corrected chi connectivity index (χ3v) is 6.56. The van der Waals surface area contributed by atoms with Crippen LogP contribution in [-0.2, 0) is 4.79 Å². The molecule has 5 rings (SSSR count). The molecule has 0 spiro atoms. The van der Waals surface area contributed by atoms with E-state index in [4.69, 9.17) is 4.74 Å². The third kappa shape index (κ3) is 4.46. The van der Waals surface area contributed by atoms with Gasteiger partial charge in [-0.1, -0.05) is 0 Å². The second-order valence-electron chi connectivity index (χ2n) is 9.25. The minimum Gasteiger partial charge on any atom is -0.488 e. The van der Waals surface area contributed by atoms with Crippen LogP contribution in [0.25, 0.3) is 16.6 Å². The number of aryl methyl sites for hydroxylation is 1. The first kappa shape index (κ1) is 22.6. The maximum atomic E-state index is 13.1. The van der Waals surface area contributed by atoms with E-state index in [0.717, 1.165) is 35.2 Å². The van der Waals surface area contributed by atoms with Gasteiger partial charge in [0.05, 0.1) is 17.8 Å². The van der Waals surface area contributed by atoms with Crippen LogP contribution in [0.5, 0.6) is 5.75 Å². The summed E-state index contributed by atoms with van der Waals surface area (Å²) in [4.78, 5) is 16.3. The molecule has 2 fully saturated rings. The Labute approximate surface area is 193 Å². The molecule has 0 aromatic carbocycles. The molecule has 2 aliphatic rings. The topological polar surface area (TPSA) is 88.8 Å². The highest BCUT2D eigenvalue weighted by Crippen LogP contribution is 2.43. The van der Waals surface area contributed by atoms with Crippen LogP contribution in [-0.4, -0.2) is 43.5 Å². The predicted molar refractivity (Wildman–Crippen MR) is 118 cm³/mol. The fourth-order valence-corrected chi connectivity index (χ4v) is 4.31. The van der Waals surface area contributed by atoms with Crippen LogP contribution in [0.2, 0.25) is 0 Å². The summed E-state index contributed by atoms with van der Waals surface area (Å²) in [6.45, 7) is 1.85. The lowest BCUT2D eigenvalue weighted by Gasteiger charge is -2.37. The smallest absolute Gasteiger partial charge is 0.417 e. The van der Waals surface area contributed by atoms with Crippen molar-refractivity contribution in [2.45, 2.75) is 63.3 Å². The Morgan fingerprint density at radius 2 is 1.94 bits per heavy atom. The van der Waals surface area contributed by atoms with Gasteiger partial charge in [0.1, 0.15) is 5.75 Å². The van der Waals surface area contributed by atoms with Gasteiger partial charge in [-0.2, -0.15) is 18.3 Å². The van der Waals surface area contributed by atoms with Crippen LogP contribution in [0.1, 0.15) is 44.2 Å². The van der Waals surface area contributed by atoms with Crippen molar-refractivity contribution in [3.8, 4) is 16.9 Å². The standard InChI is InChI=1S/C24H25F3N4O3/c1-14-10-19(20(13-28-14)34-18-4-7-23(33,8-5-18)24(25,26)27)16-6-9-31-17(11-16)12-21(30-31)29-22(32)15-2-3-15/h6,9-13,15,18,33H,2-5,7-8H2,1H3,(H,29,30,32). The Kier molecular flexibility index (Phi) is 5.50. The highest BCUT2D eigenvalue weighted by atomic mass is 19.4. The summed E-state index contributed by atoms with van der Waals surface area (Å²) in [5.41, 5.74) is 0.480. The fraction of sp³-hybridized carbons (Fsp3) is 0.458. The molecule has 0 bridgehead atoms.